The fraction of sp³-hybridized carbons (Fsp3) is 0.443. The second-order valence-corrected chi connectivity index (χ2v) is 22.7. The van der Waals surface area contributed by atoms with E-state index in [2.05, 4.69) is 20.8 Å². The zero-order valence-corrected chi connectivity index (χ0v) is 48.1. The van der Waals surface area contributed by atoms with Crippen LogP contribution < -0.4 is 16.4 Å². The second-order valence-electron chi connectivity index (χ2n) is 21.9. The minimum absolute atomic E-state index is 0.0188. The number of benzene rings is 4. The number of anilines is 1. The van der Waals surface area contributed by atoms with Crippen LogP contribution in [0.3, 0.4) is 0 Å². The predicted octanol–water partition coefficient (Wildman–Crippen LogP) is 9.60. The van der Waals surface area contributed by atoms with E-state index in [1.165, 1.54) is 70.1 Å². The third-order valence-corrected chi connectivity index (χ3v) is 16.1. The van der Waals surface area contributed by atoms with Crippen LogP contribution in [0.5, 0.6) is 0 Å². The van der Waals surface area contributed by atoms with Gasteiger partial charge in [-0.25, -0.2) is 8.78 Å². The molecule has 4 aromatic carbocycles. The number of fused-ring (bicyclic) bond motifs is 2. The molecule has 0 spiro atoms. The fourth-order valence-corrected chi connectivity index (χ4v) is 11.0. The molecule has 0 radical (unpaired) electrons. The normalized spacial score (nSPS) is 15.3. The molecule has 440 valence electrons. The Kier molecular flexibility index (Phi) is 20.8. The molecule has 6 aromatic rings. The van der Waals surface area contributed by atoms with Crippen LogP contribution in [-0.4, -0.2) is 107 Å². The molecule has 4 fully saturated rings. The summed E-state index contributed by atoms with van der Waals surface area (Å²) in [5.74, 6) is -3.34. The molecule has 0 aliphatic heterocycles. The SMILES string of the molecule is CC(=O)c1nn(CC(=O)N(CC(=O)NCc2cccc(Cl)c2F)C2CC2)c2ccc(CC(=O)C3CCCCC3)cc12.CC(=O)c1nn(CC(=O)N(CC(=O)NCc2cccc(Cl)c2F)C2CC2)c2ccc(N)cc12.O=C(O)C1CCCCC1. The Bertz CT molecular complexity index is 3420. The van der Waals surface area contributed by atoms with Crippen LogP contribution in [0.1, 0.15) is 141 Å². The van der Waals surface area contributed by atoms with Crippen molar-refractivity contribution >= 4 is 97.6 Å². The largest absolute Gasteiger partial charge is 0.481 e. The van der Waals surface area contributed by atoms with Gasteiger partial charge in [0.1, 0.15) is 41.9 Å². The highest BCUT2D eigenvalue weighted by Crippen LogP contribution is 2.31. The first-order chi connectivity index (χ1) is 39.8. The van der Waals surface area contributed by atoms with E-state index in [4.69, 9.17) is 34.0 Å². The summed E-state index contributed by atoms with van der Waals surface area (Å²) >= 11 is 11.6. The van der Waals surface area contributed by atoms with Crippen molar-refractivity contribution in [1.29, 1.82) is 0 Å². The van der Waals surface area contributed by atoms with Gasteiger partial charge in [-0.1, -0.05) is 92.1 Å². The summed E-state index contributed by atoms with van der Waals surface area (Å²) < 4.78 is 31.2. The maximum Gasteiger partial charge on any atom is 0.306 e. The summed E-state index contributed by atoms with van der Waals surface area (Å²) in [7, 11) is 0. The van der Waals surface area contributed by atoms with E-state index in [1.807, 2.05) is 12.1 Å². The number of hydrogen-bond acceptors (Lipinski definition) is 11. The Morgan fingerprint density at radius 3 is 1.46 bits per heavy atom. The number of rotatable bonds is 20. The lowest BCUT2D eigenvalue weighted by atomic mass is 9.84. The van der Waals surface area contributed by atoms with E-state index < -0.39 is 29.4 Å². The van der Waals surface area contributed by atoms with Gasteiger partial charge in [0.05, 0.1) is 40.1 Å². The highest BCUT2D eigenvalue weighted by Gasteiger charge is 2.36. The molecule has 0 unspecified atom stereocenters. The highest BCUT2D eigenvalue weighted by molar-refractivity contribution is 6.31. The number of Topliss-reactive ketones (excluding diaryl/α,β-unsaturated/α-hetero) is 3. The third-order valence-electron chi connectivity index (χ3n) is 15.5. The first-order valence-corrected chi connectivity index (χ1v) is 29.0. The smallest absolute Gasteiger partial charge is 0.306 e. The molecule has 83 heavy (non-hydrogen) atoms. The average Bonchev–Trinajstić information content (AvgIpc) is 4.60. The number of ketones is 3. The van der Waals surface area contributed by atoms with Gasteiger partial charge in [-0.05, 0) is 99.4 Å². The van der Waals surface area contributed by atoms with Crippen LogP contribution in [0.2, 0.25) is 10.0 Å². The lowest BCUT2D eigenvalue weighted by Gasteiger charge is -2.22. The van der Waals surface area contributed by atoms with Crippen LogP contribution in [0.4, 0.5) is 14.5 Å². The van der Waals surface area contributed by atoms with Crippen LogP contribution in [0, 0.1) is 23.5 Å². The van der Waals surface area contributed by atoms with E-state index in [0.717, 1.165) is 82.6 Å². The Hall–Kier alpha value is -7.58. The molecule has 0 bridgehead atoms. The summed E-state index contributed by atoms with van der Waals surface area (Å²) in [6.07, 6.45) is 14.0. The highest BCUT2D eigenvalue weighted by atomic mass is 35.5. The number of nitrogen functional groups attached to an aromatic ring is 1. The number of nitrogens with one attached hydrogen (secondary N) is 2. The Morgan fingerprint density at radius 1 is 0.602 bits per heavy atom. The van der Waals surface area contributed by atoms with E-state index in [1.54, 1.807) is 36.4 Å². The molecular formula is C61H69Cl2F2N9O9. The van der Waals surface area contributed by atoms with Crippen molar-refractivity contribution in [1.82, 2.24) is 40.0 Å². The van der Waals surface area contributed by atoms with Crippen molar-refractivity contribution in [3.05, 3.63) is 123 Å². The molecule has 5 N–H and O–H groups in total. The van der Waals surface area contributed by atoms with Gasteiger partial charge in [-0.2, -0.15) is 10.2 Å². The van der Waals surface area contributed by atoms with Crippen LogP contribution in [0.25, 0.3) is 21.8 Å². The molecule has 10 rings (SSSR count). The Morgan fingerprint density at radius 2 is 1.04 bits per heavy atom. The molecule has 2 aromatic heterocycles. The van der Waals surface area contributed by atoms with Crippen LogP contribution >= 0.6 is 23.2 Å². The summed E-state index contributed by atoms with van der Waals surface area (Å²) in [6, 6.07) is 19.6. The summed E-state index contributed by atoms with van der Waals surface area (Å²) in [5.41, 5.74) is 9.40. The molecule has 18 nitrogen and oxygen atoms in total. The quantitative estimate of drug-likeness (QED) is 0.0412. The van der Waals surface area contributed by atoms with E-state index in [0.29, 0.717) is 33.9 Å². The summed E-state index contributed by atoms with van der Waals surface area (Å²) in [4.78, 5) is 102. The molecule has 22 heteroatoms. The van der Waals surface area contributed by atoms with Crippen molar-refractivity contribution in [2.45, 2.75) is 148 Å². The molecule has 4 amide bonds. The number of aromatic nitrogens is 4. The number of nitrogens with zero attached hydrogens (tertiary/aromatic N) is 6. The predicted molar refractivity (Wildman–Crippen MR) is 309 cm³/mol. The monoisotopic (exact) mass is 1180 g/mol. The third kappa shape index (κ3) is 16.4. The zero-order chi connectivity index (χ0) is 59.5. The van der Waals surface area contributed by atoms with Gasteiger partial charge in [-0.15, -0.1) is 0 Å². The number of hydrogen-bond donors (Lipinski definition) is 4. The minimum Gasteiger partial charge on any atom is -0.481 e. The standard InChI is InChI=1S/C31H34ClFN4O4.C23H23ClFN5O3.C7H12O2/c1-19(38)31-24-14-20(15-27(39)21-6-3-2-4-7-21)10-13-26(24)37(35-31)18-29(41)36(23-11-12-23)17-28(40)34-16-22-8-5-9-25(32)30(22)33;1-13(31)23-17-9-15(26)5-8-19(17)30(28-23)12-21(33)29(16-6-7-16)11-20(32)27-10-14-3-2-4-18(24)22(14)25;8-7(9)6-4-2-1-3-5-6/h5,8-10,13-14,21,23H,2-4,6-7,11-12,15-18H2,1H3,(H,34,40);2-5,8-9,16H,6-7,10-12,26H2,1H3,(H,27,32);6H,1-5H2,(H,8,9). The molecule has 0 saturated heterocycles. The van der Waals surface area contributed by atoms with Gasteiger partial charge in [0.2, 0.25) is 23.6 Å². The fourth-order valence-electron chi connectivity index (χ4n) is 10.6. The van der Waals surface area contributed by atoms with Gasteiger partial charge in [0.25, 0.3) is 0 Å². The number of halogens is 4. The number of carbonyl (C=O) groups excluding carboxylic acids is 7. The number of carboxylic acids is 1. The van der Waals surface area contributed by atoms with E-state index in [-0.39, 0.29) is 125 Å². The van der Waals surface area contributed by atoms with Crippen molar-refractivity contribution in [3.8, 4) is 0 Å². The number of carboxylic acid groups (broad SMARTS) is 1. The van der Waals surface area contributed by atoms with Crippen molar-refractivity contribution < 1.29 is 52.2 Å². The first-order valence-electron chi connectivity index (χ1n) is 28.3. The molecule has 4 saturated carbocycles. The molecular weight excluding hydrogens is 1110 g/mol. The van der Waals surface area contributed by atoms with Crippen LogP contribution in [0.15, 0.2) is 72.8 Å². The van der Waals surface area contributed by atoms with Gasteiger partial charge in [-0.3, -0.25) is 47.7 Å². The molecule has 2 heterocycles. The molecule has 0 atom stereocenters. The number of nitrogens with two attached hydrogens (primary N) is 1. The van der Waals surface area contributed by atoms with E-state index >= 15 is 0 Å². The van der Waals surface area contributed by atoms with E-state index in [9.17, 15) is 47.1 Å². The number of aliphatic carboxylic acids is 1. The average molecular weight is 1180 g/mol. The second kappa shape index (κ2) is 28.1. The topological polar surface area (TPSA) is 249 Å². The summed E-state index contributed by atoms with van der Waals surface area (Å²) in [5, 5.41) is 23.8. The lowest BCUT2D eigenvalue weighted by Crippen LogP contribution is -2.43. The summed E-state index contributed by atoms with van der Waals surface area (Å²) in [6.45, 7) is 2.16. The maximum atomic E-state index is 14.2. The molecule has 4 aliphatic rings. The van der Waals surface area contributed by atoms with Crippen molar-refractivity contribution in [3.63, 3.8) is 0 Å². The minimum atomic E-state index is -0.602. The van der Waals surface area contributed by atoms with Gasteiger partial charge < -0.3 is 31.3 Å². The van der Waals surface area contributed by atoms with Gasteiger partial charge in [0.15, 0.2) is 11.6 Å². The van der Waals surface area contributed by atoms with Crippen LogP contribution in [-0.2, 0) is 61.4 Å². The zero-order valence-electron chi connectivity index (χ0n) is 46.6. The first kappa shape index (κ1) is 61.5. The Labute approximate surface area is 489 Å². The van der Waals surface area contributed by atoms with Crippen molar-refractivity contribution in [2.75, 3.05) is 18.8 Å². The number of amides is 4. The molecule has 4 aliphatic carbocycles. The van der Waals surface area contributed by atoms with Gasteiger partial charge in [0, 0.05) is 78.9 Å². The Balaban J connectivity index is 0.000000191. The van der Waals surface area contributed by atoms with Gasteiger partial charge >= 0.3 is 5.97 Å². The maximum absolute atomic E-state index is 14.2. The lowest BCUT2D eigenvalue weighted by molar-refractivity contribution is -0.142. The van der Waals surface area contributed by atoms with Crippen molar-refractivity contribution in [2.24, 2.45) is 11.8 Å². The number of carbonyl (C=O) groups is 8.